The first-order chi connectivity index (χ1) is 6.77. The van der Waals surface area contributed by atoms with Crippen LogP contribution in [0.25, 0.3) is 0 Å². The Hall–Kier alpha value is -1.25. The van der Waals surface area contributed by atoms with Gasteiger partial charge in [0, 0.05) is 5.56 Å². The molecule has 1 amide bonds. The van der Waals surface area contributed by atoms with Crippen molar-refractivity contribution in [2.24, 2.45) is 0 Å². The molecule has 14 heavy (non-hydrogen) atoms. The van der Waals surface area contributed by atoms with E-state index < -0.39 is 0 Å². The molecule has 0 saturated carbocycles. The van der Waals surface area contributed by atoms with Crippen molar-refractivity contribution < 1.29 is 4.79 Å². The first kappa shape index (κ1) is 10.8. The summed E-state index contributed by atoms with van der Waals surface area (Å²) in [5.41, 5.74) is 0.736. The maximum absolute atomic E-state index is 11.7. The number of hydrogen-bond donors (Lipinski definition) is 1. The summed E-state index contributed by atoms with van der Waals surface area (Å²) in [7, 11) is 0. The fraction of sp³-hybridized carbons (Fsp3) is 0.364. The van der Waals surface area contributed by atoms with Crippen LogP contribution in [-0.4, -0.2) is 12.8 Å². The lowest BCUT2D eigenvalue weighted by molar-refractivity contribution is 0.0979. The van der Waals surface area contributed by atoms with Gasteiger partial charge < -0.3 is 5.23 Å². The topological polar surface area (TPSA) is 29.1 Å². The zero-order valence-corrected chi connectivity index (χ0v) is 8.79. The Kier molecular flexibility index (Phi) is 4.24. The molecule has 1 rings (SSSR count). The molecule has 1 aromatic carbocycles. The van der Waals surface area contributed by atoms with Gasteiger partial charge in [-0.1, -0.05) is 44.7 Å². The molecule has 0 fully saturated rings. The van der Waals surface area contributed by atoms with Crippen LogP contribution in [0.1, 0.15) is 24.2 Å². The molecule has 1 aromatic rings. The van der Waals surface area contributed by atoms with Crippen molar-refractivity contribution in [2.75, 3.05) is 0 Å². The van der Waals surface area contributed by atoms with Crippen LogP contribution < -0.4 is 5.23 Å². The first-order valence-corrected chi connectivity index (χ1v) is 5.13. The predicted molar refractivity (Wildman–Crippen MR) is 60.6 cm³/mol. The van der Waals surface area contributed by atoms with Crippen LogP contribution in [0.2, 0.25) is 12.6 Å². The minimum Gasteiger partial charge on any atom is -0.395 e. The standard InChI is InChI=1S/C11H16BNO/c1-3-12(4-2)13-11(14)10-8-6-5-7-9-10/h5-9H,3-4H2,1-2H3,(H,13,14). The highest BCUT2D eigenvalue weighted by Crippen LogP contribution is 2.00. The van der Waals surface area contributed by atoms with Crippen LogP contribution in [0.15, 0.2) is 30.3 Å². The van der Waals surface area contributed by atoms with Crippen molar-refractivity contribution in [1.82, 2.24) is 5.23 Å². The van der Waals surface area contributed by atoms with Crippen LogP contribution in [-0.2, 0) is 0 Å². The Balaban J connectivity index is 2.59. The summed E-state index contributed by atoms with van der Waals surface area (Å²) >= 11 is 0. The molecule has 0 bridgehead atoms. The van der Waals surface area contributed by atoms with Gasteiger partial charge in [-0.05, 0) is 12.1 Å². The van der Waals surface area contributed by atoms with Gasteiger partial charge in [0.1, 0.15) is 0 Å². The van der Waals surface area contributed by atoms with E-state index in [1.807, 2.05) is 30.3 Å². The third kappa shape index (κ3) is 2.91. The van der Waals surface area contributed by atoms with E-state index in [0.29, 0.717) is 6.85 Å². The summed E-state index contributed by atoms with van der Waals surface area (Å²) in [6.45, 7) is 4.46. The quantitative estimate of drug-likeness (QED) is 0.724. The maximum Gasteiger partial charge on any atom is 0.254 e. The van der Waals surface area contributed by atoms with Crippen LogP contribution in [0.5, 0.6) is 0 Å². The second-order valence-corrected chi connectivity index (χ2v) is 3.35. The average molecular weight is 189 g/mol. The van der Waals surface area contributed by atoms with Crippen LogP contribution >= 0.6 is 0 Å². The summed E-state index contributed by atoms with van der Waals surface area (Å²) in [5, 5.41) is 2.99. The van der Waals surface area contributed by atoms with E-state index in [9.17, 15) is 4.79 Å². The summed E-state index contributed by atoms with van der Waals surface area (Å²) in [6.07, 6.45) is 1.96. The highest BCUT2D eigenvalue weighted by atomic mass is 16.1. The maximum atomic E-state index is 11.7. The van der Waals surface area contributed by atoms with Gasteiger partial charge in [0.05, 0.1) is 0 Å². The number of rotatable bonds is 4. The molecule has 0 heterocycles. The molecule has 0 spiro atoms. The summed E-state index contributed by atoms with van der Waals surface area (Å²) in [6, 6.07) is 9.33. The summed E-state index contributed by atoms with van der Waals surface area (Å²) < 4.78 is 0. The third-order valence-electron chi connectivity index (χ3n) is 2.36. The number of benzene rings is 1. The largest absolute Gasteiger partial charge is 0.395 e. The van der Waals surface area contributed by atoms with Gasteiger partial charge in [-0.2, -0.15) is 0 Å². The number of carbonyl (C=O) groups is 1. The molecule has 0 saturated heterocycles. The lowest BCUT2D eigenvalue weighted by atomic mass is 9.57. The minimum absolute atomic E-state index is 0.0271. The van der Waals surface area contributed by atoms with E-state index in [0.717, 1.165) is 18.2 Å². The minimum atomic E-state index is 0.0271. The van der Waals surface area contributed by atoms with Crippen LogP contribution in [0.4, 0.5) is 0 Å². The molecular weight excluding hydrogens is 173 g/mol. The van der Waals surface area contributed by atoms with E-state index >= 15 is 0 Å². The second kappa shape index (κ2) is 5.48. The molecule has 2 nitrogen and oxygen atoms in total. The highest BCUT2D eigenvalue weighted by molar-refractivity contribution is 6.59. The molecule has 0 aromatic heterocycles. The zero-order chi connectivity index (χ0) is 10.4. The van der Waals surface area contributed by atoms with Gasteiger partial charge >= 0.3 is 0 Å². The van der Waals surface area contributed by atoms with E-state index in [-0.39, 0.29) is 5.91 Å². The van der Waals surface area contributed by atoms with Crippen LogP contribution in [0.3, 0.4) is 0 Å². The van der Waals surface area contributed by atoms with E-state index in [1.165, 1.54) is 0 Å². The molecule has 1 N–H and O–H groups in total. The lowest BCUT2D eigenvalue weighted by Crippen LogP contribution is -2.37. The van der Waals surface area contributed by atoms with Crippen molar-refractivity contribution in [3.8, 4) is 0 Å². The van der Waals surface area contributed by atoms with Crippen molar-refractivity contribution in [3.63, 3.8) is 0 Å². The number of hydrogen-bond acceptors (Lipinski definition) is 1. The van der Waals surface area contributed by atoms with Crippen LogP contribution in [0, 0.1) is 0 Å². The molecule has 0 aliphatic heterocycles. The van der Waals surface area contributed by atoms with Gasteiger partial charge in [0.25, 0.3) is 6.85 Å². The van der Waals surface area contributed by atoms with Gasteiger partial charge in [-0.3, -0.25) is 4.79 Å². The zero-order valence-electron chi connectivity index (χ0n) is 8.79. The molecule has 3 heteroatoms. The Morgan fingerprint density at radius 3 is 2.29 bits per heavy atom. The average Bonchev–Trinajstić information content (AvgIpc) is 2.26. The fourth-order valence-electron chi connectivity index (χ4n) is 1.35. The monoisotopic (exact) mass is 189 g/mol. The smallest absolute Gasteiger partial charge is 0.254 e. The van der Waals surface area contributed by atoms with Gasteiger partial charge in [-0.25, -0.2) is 0 Å². The van der Waals surface area contributed by atoms with Gasteiger partial charge in [0.2, 0.25) is 5.91 Å². The Labute approximate surface area is 85.8 Å². The number of amides is 1. The van der Waals surface area contributed by atoms with Crippen molar-refractivity contribution in [1.29, 1.82) is 0 Å². The lowest BCUT2D eigenvalue weighted by Gasteiger charge is -2.10. The van der Waals surface area contributed by atoms with Crippen molar-refractivity contribution in [3.05, 3.63) is 35.9 Å². The van der Waals surface area contributed by atoms with E-state index in [1.54, 1.807) is 0 Å². The Morgan fingerprint density at radius 1 is 1.21 bits per heavy atom. The van der Waals surface area contributed by atoms with Crippen molar-refractivity contribution in [2.45, 2.75) is 26.5 Å². The van der Waals surface area contributed by atoms with E-state index in [4.69, 9.17) is 0 Å². The number of nitrogens with one attached hydrogen (secondary N) is 1. The molecule has 0 aliphatic carbocycles. The highest BCUT2D eigenvalue weighted by Gasteiger charge is 2.13. The second-order valence-electron chi connectivity index (χ2n) is 3.35. The Morgan fingerprint density at radius 2 is 1.79 bits per heavy atom. The predicted octanol–water partition coefficient (Wildman–Crippen LogP) is 2.45. The van der Waals surface area contributed by atoms with Gasteiger partial charge in [0.15, 0.2) is 0 Å². The summed E-state index contributed by atoms with van der Waals surface area (Å²) in [4.78, 5) is 11.7. The SMILES string of the molecule is CCB(CC)NC(=O)c1ccccc1. The van der Waals surface area contributed by atoms with E-state index in [2.05, 4.69) is 19.1 Å². The molecule has 0 atom stereocenters. The molecule has 0 aliphatic rings. The summed E-state index contributed by atoms with van der Waals surface area (Å²) in [5.74, 6) is 0.0271. The molecular formula is C11H16BNO. The third-order valence-corrected chi connectivity index (χ3v) is 2.36. The first-order valence-electron chi connectivity index (χ1n) is 5.13. The molecule has 0 unspecified atom stereocenters. The van der Waals surface area contributed by atoms with Crippen molar-refractivity contribution >= 4 is 12.8 Å². The number of carbonyl (C=O) groups excluding carboxylic acids is 1. The molecule has 0 radical (unpaired) electrons. The Bertz CT molecular complexity index is 283. The fourth-order valence-corrected chi connectivity index (χ4v) is 1.35. The molecule has 74 valence electrons. The normalized spacial score (nSPS) is 9.57. The van der Waals surface area contributed by atoms with Gasteiger partial charge in [-0.15, -0.1) is 0 Å².